The monoisotopic (exact) mass is 574 g/mol. The highest BCUT2D eigenvalue weighted by molar-refractivity contribution is 6.15. The van der Waals surface area contributed by atoms with E-state index in [9.17, 15) is 9.59 Å². The largest absolute Gasteiger partial charge is 0.372 e. The van der Waals surface area contributed by atoms with Gasteiger partial charge in [-0.15, -0.1) is 0 Å². The molecule has 2 aliphatic carbocycles. The lowest BCUT2D eigenvalue weighted by Gasteiger charge is -2.20. The van der Waals surface area contributed by atoms with Crippen LogP contribution in [0.3, 0.4) is 0 Å². The van der Waals surface area contributed by atoms with Crippen LogP contribution < -0.4 is 9.80 Å². The Morgan fingerprint density at radius 1 is 0.512 bits per heavy atom. The standard InChI is InChI=1S/C27H34N2O.C12H12O/c1-5-28(6-2)25-15-9-21(10-16-25)19-23-13-14-24(27(23)30)20-22-11-17-26(18-12-22)29(7-3)8-4;13-12-8-4-7-11(12)9-10-5-2-1-3-6-10/h9-12,15-20H,5-8,13-14H2,1-4H3;1-3,5-6,9H,4,7-8H2/b23-19+,24-20+;11-9+. The molecule has 3 aromatic carbocycles. The Balaban J connectivity index is 0.000000269. The number of carbonyl (C=O) groups is 2. The summed E-state index contributed by atoms with van der Waals surface area (Å²) >= 11 is 0. The minimum atomic E-state index is 0.190. The van der Waals surface area contributed by atoms with Crippen molar-refractivity contribution in [1.29, 1.82) is 0 Å². The van der Waals surface area contributed by atoms with Crippen LogP contribution in [0.25, 0.3) is 18.2 Å². The van der Waals surface area contributed by atoms with Crippen LogP contribution in [0.5, 0.6) is 0 Å². The van der Waals surface area contributed by atoms with Crippen LogP contribution >= 0.6 is 0 Å². The quantitative estimate of drug-likeness (QED) is 0.239. The Morgan fingerprint density at radius 2 is 0.930 bits per heavy atom. The maximum Gasteiger partial charge on any atom is 0.185 e. The van der Waals surface area contributed by atoms with Crippen LogP contribution in [0.2, 0.25) is 0 Å². The van der Waals surface area contributed by atoms with Gasteiger partial charge in [0.05, 0.1) is 0 Å². The van der Waals surface area contributed by atoms with Crippen molar-refractivity contribution in [3.8, 4) is 0 Å². The normalized spacial score (nSPS) is 17.4. The lowest BCUT2D eigenvalue weighted by Crippen LogP contribution is -2.21. The highest BCUT2D eigenvalue weighted by Crippen LogP contribution is 2.30. The van der Waals surface area contributed by atoms with Gasteiger partial charge in [0.25, 0.3) is 0 Å². The number of carbonyl (C=O) groups excluding carboxylic acids is 2. The van der Waals surface area contributed by atoms with Gasteiger partial charge in [-0.1, -0.05) is 54.6 Å². The zero-order chi connectivity index (χ0) is 30.6. The van der Waals surface area contributed by atoms with Gasteiger partial charge in [-0.25, -0.2) is 0 Å². The van der Waals surface area contributed by atoms with Gasteiger partial charge >= 0.3 is 0 Å². The molecule has 43 heavy (non-hydrogen) atoms. The molecule has 5 rings (SSSR count). The molecular weight excluding hydrogens is 528 g/mol. The van der Waals surface area contributed by atoms with Crippen molar-refractivity contribution < 1.29 is 9.59 Å². The maximum absolute atomic E-state index is 12.9. The molecule has 0 radical (unpaired) electrons. The summed E-state index contributed by atoms with van der Waals surface area (Å²) in [6.45, 7) is 12.7. The fraction of sp³-hybridized carbons (Fsp3) is 0.333. The Labute approximate surface area is 258 Å². The summed E-state index contributed by atoms with van der Waals surface area (Å²) in [6, 6.07) is 27.1. The highest BCUT2D eigenvalue weighted by Gasteiger charge is 2.23. The summed E-state index contributed by atoms with van der Waals surface area (Å²) < 4.78 is 0. The number of allylic oxidation sites excluding steroid dienone is 3. The summed E-state index contributed by atoms with van der Waals surface area (Å²) in [7, 11) is 0. The number of ketones is 2. The van der Waals surface area contributed by atoms with E-state index < -0.39 is 0 Å². The first-order valence-corrected chi connectivity index (χ1v) is 15.9. The zero-order valence-corrected chi connectivity index (χ0v) is 26.3. The van der Waals surface area contributed by atoms with Crippen LogP contribution in [0, 0.1) is 0 Å². The molecule has 0 aliphatic heterocycles. The van der Waals surface area contributed by atoms with Gasteiger partial charge in [-0.3, -0.25) is 9.59 Å². The molecule has 224 valence electrons. The molecule has 4 heteroatoms. The highest BCUT2D eigenvalue weighted by atomic mass is 16.1. The van der Waals surface area contributed by atoms with Crippen LogP contribution in [0.1, 0.15) is 76.5 Å². The third-order valence-electron chi connectivity index (χ3n) is 8.32. The SMILES string of the molecule is CCN(CC)c1ccc(/C=C2\CC/C(=C\c3ccc(N(CC)CC)cc3)C2=O)cc1.O=C1CCC/C1=C\c1ccccc1. The number of anilines is 2. The summed E-state index contributed by atoms with van der Waals surface area (Å²) in [5, 5.41) is 0. The second-order valence-corrected chi connectivity index (χ2v) is 11.1. The number of benzene rings is 3. The smallest absolute Gasteiger partial charge is 0.185 e. The number of rotatable bonds is 9. The average Bonchev–Trinajstić information content (AvgIpc) is 3.60. The van der Waals surface area contributed by atoms with E-state index in [1.807, 2.05) is 36.4 Å². The molecule has 2 saturated carbocycles. The van der Waals surface area contributed by atoms with Crippen LogP contribution in [-0.4, -0.2) is 37.7 Å². The Bertz CT molecular complexity index is 1360. The number of hydrogen-bond acceptors (Lipinski definition) is 4. The molecule has 0 aromatic heterocycles. The molecule has 0 atom stereocenters. The lowest BCUT2D eigenvalue weighted by atomic mass is 10.1. The Kier molecular flexibility index (Phi) is 11.7. The van der Waals surface area contributed by atoms with Crippen molar-refractivity contribution in [2.45, 2.75) is 59.8 Å². The summed E-state index contributed by atoms with van der Waals surface area (Å²) in [5.41, 5.74) is 8.60. The fourth-order valence-electron chi connectivity index (χ4n) is 5.76. The zero-order valence-electron chi connectivity index (χ0n) is 26.3. The molecule has 2 aliphatic rings. The van der Waals surface area contributed by atoms with Crippen molar-refractivity contribution in [1.82, 2.24) is 0 Å². The average molecular weight is 575 g/mol. The molecule has 0 heterocycles. The van der Waals surface area contributed by atoms with E-state index in [0.29, 0.717) is 5.78 Å². The van der Waals surface area contributed by atoms with Crippen molar-refractivity contribution >= 4 is 41.2 Å². The molecule has 2 fully saturated rings. The van der Waals surface area contributed by atoms with E-state index >= 15 is 0 Å². The van der Waals surface area contributed by atoms with Crippen molar-refractivity contribution in [3.63, 3.8) is 0 Å². The predicted octanol–water partition coefficient (Wildman–Crippen LogP) is 9.03. The maximum atomic E-state index is 12.9. The fourth-order valence-corrected chi connectivity index (χ4v) is 5.76. The molecule has 3 aromatic rings. The Morgan fingerprint density at radius 3 is 1.33 bits per heavy atom. The van der Waals surface area contributed by atoms with E-state index in [2.05, 4.69) is 98.2 Å². The van der Waals surface area contributed by atoms with Gasteiger partial charge < -0.3 is 9.80 Å². The van der Waals surface area contributed by atoms with Crippen molar-refractivity contribution in [2.75, 3.05) is 36.0 Å². The van der Waals surface area contributed by atoms with Gasteiger partial charge in [0, 0.05) is 55.1 Å². The first-order chi connectivity index (χ1) is 20.9. The summed E-state index contributed by atoms with van der Waals surface area (Å²) in [4.78, 5) is 28.9. The van der Waals surface area contributed by atoms with Crippen molar-refractivity contribution in [3.05, 3.63) is 112 Å². The topological polar surface area (TPSA) is 40.6 Å². The Hall–Kier alpha value is -4.18. The molecule has 0 unspecified atom stereocenters. The predicted molar refractivity (Wildman–Crippen MR) is 183 cm³/mol. The third kappa shape index (κ3) is 8.67. The molecule has 4 nitrogen and oxygen atoms in total. The van der Waals surface area contributed by atoms with E-state index in [1.54, 1.807) is 0 Å². The van der Waals surface area contributed by atoms with Gasteiger partial charge in [0.1, 0.15) is 0 Å². The first-order valence-electron chi connectivity index (χ1n) is 15.9. The number of nitrogens with zero attached hydrogens (tertiary/aromatic N) is 2. The van der Waals surface area contributed by atoms with E-state index in [-0.39, 0.29) is 5.78 Å². The van der Waals surface area contributed by atoms with Gasteiger partial charge in [-0.2, -0.15) is 0 Å². The van der Waals surface area contributed by atoms with E-state index in [1.165, 1.54) is 11.4 Å². The lowest BCUT2D eigenvalue weighted by molar-refractivity contribution is -0.114. The van der Waals surface area contributed by atoms with Crippen LogP contribution in [-0.2, 0) is 9.59 Å². The second-order valence-electron chi connectivity index (χ2n) is 11.1. The molecule has 0 N–H and O–H groups in total. The second kappa shape index (κ2) is 15.9. The summed E-state index contributed by atoms with van der Waals surface area (Å²) in [5.74, 6) is 0.513. The van der Waals surface area contributed by atoms with E-state index in [0.717, 1.165) is 91.7 Å². The van der Waals surface area contributed by atoms with Crippen LogP contribution in [0.4, 0.5) is 11.4 Å². The molecule has 0 bridgehead atoms. The third-order valence-corrected chi connectivity index (χ3v) is 8.32. The van der Waals surface area contributed by atoms with Gasteiger partial charge in [-0.05, 0) is 118 Å². The summed E-state index contributed by atoms with van der Waals surface area (Å²) in [6.07, 6.45) is 10.5. The molecule has 0 saturated heterocycles. The number of hydrogen-bond donors (Lipinski definition) is 0. The minimum Gasteiger partial charge on any atom is -0.372 e. The molecular formula is C39H46N2O2. The first kappa shape index (κ1) is 31.7. The number of Topliss-reactive ketones (excluding diaryl/α,β-unsaturated/α-hetero) is 2. The van der Waals surface area contributed by atoms with Crippen LogP contribution in [0.15, 0.2) is 95.6 Å². The molecule has 0 spiro atoms. The molecule has 0 amide bonds. The van der Waals surface area contributed by atoms with Crippen molar-refractivity contribution in [2.24, 2.45) is 0 Å². The minimum absolute atomic E-state index is 0.190. The van der Waals surface area contributed by atoms with Gasteiger partial charge in [0.15, 0.2) is 11.6 Å². The van der Waals surface area contributed by atoms with Gasteiger partial charge in [0.2, 0.25) is 0 Å². The van der Waals surface area contributed by atoms with E-state index in [4.69, 9.17) is 0 Å².